The zero-order chi connectivity index (χ0) is 20.6. The number of aliphatic hydroxyl groups is 3. The highest BCUT2D eigenvalue weighted by molar-refractivity contribution is 5.83. The molecule has 0 bridgehead atoms. The Hall–Kier alpha value is -2.34. The summed E-state index contributed by atoms with van der Waals surface area (Å²) in [7, 11) is 6.89. The van der Waals surface area contributed by atoms with Crippen LogP contribution >= 0.6 is 0 Å². The molecule has 3 heterocycles. The minimum Gasteiger partial charge on any atom is -0.394 e. The van der Waals surface area contributed by atoms with Crippen LogP contribution in [-0.2, 0) is 9.53 Å². The summed E-state index contributed by atoms with van der Waals surface area (Å²) in [6, 6.07) is 0. The first-order valence-electron chi connectivity index (χ1n) is 8.93. The number of rotatable bonds is 6. The van der Waals surface area contributed by atoms with Crippen LogP contribution in [0.2, 0.25) is 0 Å². The molecule has 154 valence electrons. The second kappa shape index (κ2) is 7.95. The molecule has 0 radical (unpaired) electrons. The van der Waals surface area contributed by atoms with Crippen LogP contribution < -0.4 is 4.90 Å². The minimum atomic E-state index is -1.23. The van der Waals surface area contributed by atoms with Crippen LogP contribution in [0.3, 0.4) is 0 Å². The lowest BCUT2D eigenvalue weighted by Gasteiger charge is -2.24. The molecule has 11 nitrogen and oxygen atoms in total. The van der Waals surface area contributed by atoms with Crippen molar-refractivity contribution < 1.29 is 24.9 Å². The Bertz CT molecular complexity index is 841. The molecule has 0 saturated carbocycles. The Kier molecular flexibility index (Phi) is 5.79. The van der Waals surface area contributed by atoms with Crippen molar-refractivity contribution in [2.75, 3.05) is 39.7 Å². The normalized spacial score (nSPS) is 25.8. The highest BCUT2D eigenvalue weighted by atomic mass is 16.5. The summed E-state index contributed by atoms with van der Waals surface area (Å²) in [6.45, 7) is -0.547. The number of fused-ring (bicyclic) bond motifs is 1. The van der Waals surface area contributed by atoms with Gasteiger partial charge in [-0.25, -0.2) is 15.0 Å². The van der Waals surface area contributed by atoms with Gasteiger partial charge in [-0.05, 0) is 0 Å². The van der Waals surface area contributed by atoms with Crippen molar-refractivity contribution in [3.8, 4) is 0 Å². The summed E-state index contributed by atoms with van der Waals surface area (Å²) in [5.74, 6) is -0.298. The van der Waals surface area contributed by atoms with E-state index in [0.29, 0.717) is 17.0 Å². The van der Waals surface area contributed by atoms with Crippen LogP contribution in [0, 0.1) is 5.92 Å². The Morgan fingerprint density at radius 2 is 2.00 bits per heavy atom. The summed E-state index contributed by atoms with van der Waals surface area (Å²) in [4.78, 5) is 28.2. The number of aliphatic hydroxyl groups excluding tert-OH is 3. The molecule has 2 aromatic heterocycles. The van der Waals surface area contributed by atoms with Gasteiger partial charge in [0, 0.05) is 40.5 Å². The molecular formula is C17H26N6O5. The molecule has 3 N–H and O–H groups in total. The SMILES string of the molecule is CN(C)C(=O)CC1C(O)C(n2cnc3c(N(C)C)ncnc32)OC1C(O)CO. The molecule has 1 aliphatic heterocycles. The fourth-order valence-electron chi connectivity index (χ4n) is 3.43. The molecule has 1 fully saturated rings. The maximum Gasteiger partial charge on any atom is 0.222 e. The molecule has 5 atom stereocenters. The number of carbonyl (C=O) groups is 1. The Morgan fingerprint density at radius 3 is 2.61 bits per heavy atom. The maximum atomic E-state index is 12.2. The first-order valence-corrected chi connectivity index (χ1v) is 8.93. The van der Waals surface area contributed by atoms with Crippen molar-refractivity contribution in [1.29, 1.82) is 0 Å². The van der Waals surface area contributed by atoms with Gasteiger partial charge in [0.2, 0.25) is 5.91 Å². The average Bonchev–Trinajstić information content (AvgIpc) is 3.22. The Balaban J connectivity index is 1.97. The van der Waals surface area contributed by atoms with Crippen LogP contribution in [0.15, 0.2) is 12.7 Å². The van der Waals surface area contributed by atoms with E-state index in [1.54, 1.807) is 23.6 Å². The highest BCUT2D eigenvalue weighted by Crippen LogP contribution is 2.39. The van der Waals surface area contributed by atoms with Crippen LogP contribution in [-0.4, -0.2) is 98.8 Å². The van der Waals surface area contributed by atoms with Gasteiger partial charge in [-0.1, -0.05) is 0 Å². The second-order valence-corrected chi connectivity index (χ2v) is 7.30. The zero-order valence-corrected chi connectivity index (χ0v) is 16.3. The lowest BCUT2D eigenvalue weighted by molar-refractivity contribution is -0.131. The smallest absolute Gasteiger partial charge is 0.222 e. The molecule has 3 rings (SSSR count). The van der Waals surface area contributed by atoms with E-state index in [-0.39, 0.29) is 12.3 Å². The standard InChI is InChI=1S/C17H26N6O5/c1-21(2)11(26)5-9-13(27)17(28-14(9)10(25)6-24)23-8-20-12-15(22(3)4)18-7-19-16(12)23/h7-10,13-14,17,24-25,27H,5-6H2,1-4H3. The van der Waals surface area contributed by atoms with Crippen molar-refractivity contribution in [2.45, 2.75) is 31.0 Å². The molecule has 28 heavy (non-hydrogen) atoms. The third kappa shape index (κ3) is 3.53. The van der Waals surface area contributed by atoms with Gasteiger partial charge < -0.3 is 29.9 Å². The molecule has 0 aromatic carbocycles. The van der Waals surface area contributed by atoms with Crippen LogP contribution in [0.5, 0.6) is 0 Å². The number of ether oxygens (including phenoxy) is 1. The van der Waals surface area contributed by atoms with Crippen LogP contribution in [0.4, 0.5) is 5.82 Å². The predicted molar refractivity (Wildman–Crippen MR) is 99.5 cm³/mol. The number of anilines is 1. The third-order valence-electron chi connectivity index (χ3n) is 4.96. The van der Waals surface area contributed by atoms with Crippen molar-refractivity contribution in [1.82, 2.24) is 24.4 Å². The molecule has 1 aliphatic rings. The highest BCUT2D eigenvalue weighted by Gasteiger charge is 2.48. The predicted octanol–water partition coefficient (Wildman–Crippen LogP) is -1.40. The van der Waals surface area contributed by atoms with E-state index in [1.807, 2.05) is 14.1 Å². The number of hydrogen-bond donors (Lipinski definition) is 3. The fraction of sp³-hybridized carbons (Fsp3) is 0.647. The van der Waals surface area contributed by atoms with Gasteiger partial charge >= 0.3 is 0 Å². The third-order valence-corrected chi connectivity index (χ3v) is 4.96. The molecule has 11 heteroatoms. The molecule has 0 aliphatic carbocycles. The Morgan fingerprint density at radius 1 is 1.29 bits per heavy atom. The zero-order valence-electron chi connectivity index (χ0n) is 16.3. The van der Waals surface area contributed by atoms with Gasteiger partial charge in [-0.2, -0.15) is 0 Å². The van der Waals surface area contributed by atoms with Crippen molar-refractivity contribution in [2.24, 2.45) is 5.92 Å². The monoisotopic (exact) mass is 394 g/mol. The number of carbonyl (C=O) groups excluding carboxylic acids is 1. The summed E-state index contributed by atoms with van der Waals surface area (Å²) < 4.78 is 7.45. The van der Waals surface area contributed by atoms with Gasteiger partial charge in [-0.15, -0.1) is 0 Å². The molecule has 2 aromatic rings. The van der Waals surface area contributed by atoms with Crippen LogP contribution in [0.25, 0.3) is 11.2 Å². The quantitative estimate of drug-likeness (QED) is 0.540. The molecular weight excluding hydrogens is 368 g/mol. The van der Waals surface area contributed by atoms with E-state index in [1.165, 1.54) is 17.6 Å². The molecule has 1 saturated heterocycles. The van der Waals surface area contributed by atoms with Gasteiger partial charge in [0.05, 0.1) is 19.0 Å². The Labute approximate surface area is 162 Å². The van der Waals surface area contributed by atoms with Gasteiger partial charge in [-0.3, -0.25) is 9.36 Å². The second-order valence-electron chi connectivity index (χ2n) is 7.30. The molecule has 0 spiro atoms. The van der Waals surface area contributed by atoms with E-state index in [2.05, 4.69) is 15.0 Å². The largest absolute Gasteiger partial charge is 0.394 e. The lowest BCUT2D eigenvalue weighted by Crippen LogP contribution is -2.39. The summed E-state index contributed by atoms with van der Waals surface area (Å²) in [5.41, 5.74) is 0.995. The van der Waals surface area contributed by atoms with Gasteiger partial charge in [0.15, 0.2) is 23.2 Å². The summed E-state index contributed by atoms with van der Waals surface area (Å²) >= 11 is 0. The van der Waals surface area contributed by atoms with Crippen molar-refractivity contribution in [3.05, 3.63) is 12.7 Å². The van der Waals surface area contributed by atoms with Crippen LogP contribution in [0.1, 0.15) is 12.6 Å². The minimum absolute atomic E-state index is 0.0308. The average molecular weight is 394 g/mol. The topological polar surface area (TPSA) is 137 Å². The van der Waals surface area contributed by atoms with Crippen molar-refractivity contribution >= 4 is 22.9 Å². The van der Waals surface area contributed by atoms with E-state index < -0.39 is 37.1 Å². The number of amides is 1. The van der Waals surface area contributed by atoms with Crippen molar-refractivity contribution in [3.63, 3.8) is 0 Å². The number of hydrogen-bond acceptors (Lipinski definition) is 9. The number of imidazole rings is 1. The fourth-order valence-corrected chi connectivity index (χ4v) is 3.43. The first kappa shape index (κ1) is 20.4. The van der Waals surface area contributed by atoms with Gasteiger partial charge in [0.25, 0.3) is 0 Å². The molecule has 5 unspecified atom stereocenters. The number of nitrogens with zero attached hydrogens (tertiary/aromatic N) is 6. The first-order chi connectivity index (χ1) is 13.3. The molecule has 1 amide bonds. The van der Waals surface area contributed by atoms with Gasteiger partial charge in [0.1, 0.15) is 18.5 Å². The van der Waals surface area contributed by atoms with E-state index >= 15 is 0 Å². The number of aromatic nitrogens is 4. The van der Waals surface area contributed by atoms with E-state index in [0.717, 1.165) is 0 Å². The maximum absolute atomic E-state index is 12.2. The summed E-state index contributed by atoms with van der Waals surface area (Å²) in [5, 5.41) is 30.5. The van der Waals surface area contributed by atoms with E-state index in [4.69, 9.17) is 4.74 Å². The summed E-state index contributed by atoms with van der Waals surface area (Å²) in [6.07, 6.45) is -1.32. The lowest BCUT2D eigenvalue weighted by atomic mass is 9.90. The van der Waals surface area contributed by atoms with E-state index in [9.17, 15) is 20.1 Å².